The summed E-state index contributed by atoms with van der Waals surface area (Å²) in [5.74, 6) is 0. The summed E-state index contributed by atoms with van der Waals surface area (Å²) >= 11 is 0. The summed E-state index contributed by atoms with van der Waals surface area (Å²) in [5, 5.41) is 0. The Morgan fingerprint density at radius 2 is 1.68 bits per heavy atom. The average molecular weight is 338 g/mol. The average Bonchev–Trinajstić information content (AvgIpc) is 2.64. The summed E-state index contributed by atoms with van der Waals surface area (Å²) in [6, 6.07) is 8.94. The molecule has 3 nitrogen and oxygen atoms in total. The first kappa shape index (κ1) is 18.1. The van der Waals surface area contributed by atoms with Crippen LogP contribution in [-0.2, 0) is 24.1 Å². The largest absolute Gasteiger partial charge is 0.379 e. The molecule has 0 amide bonds. The van der Waals surface area contributed by atoms with Crippen LogP contribution in [0.15, 0.2) is 24.3 Å². The molecule has 134 valence electrons. The first-order chi connectivity index (χ1) is 12.1. The van der Waals surface area contributed by atoms with Gasteiger partial charge < -0.3 is 4.74 Å². The van der Waals surface area contributed by atoms with Crippen LogP contribution >= 0.6 is 0 Å². The third-order valence-corrected chi connectivity index (χ3v) is 5.29. The van der Waals surface area contributed by atoms with E-state index < -0.39 is 0 Å². The molecule has 25 heavy (non-hydrogen) atoms. The van der Waals surface area contributed by atoms with Crippen LogP contribution in [0.5, 0.6) is 0 Å². The molecule has 1 aliphatic rings. The standard InChI is InChI=1S/C22H30N2O/c1-5-18-8-7-9-19(6-2)22(18)21-14-16(3)20(17(4)23-21)15-24-10-12-25-13-11-24/h7-9,14H,5-6,10-13,15H2,1-4H3. The number of hydrogen-bond acceptors (Lipinski definition) is 3. The summed E-state index contributed by atoms with van der Waals surface area (Å²) in [4.78, 5) is 7.50. The van der Waals surface area contributed by atoms with E-state index in [-0.39, 0.29) is 0 Å². The van der Waals surface area contributed by atoms with Gasteiger partial charge in [0.2, 0.25) is 0 Å². The van der Waals surface area contributed by atoms with Gasteiger partial charge in [-0.1, -0.05) is 32.0 Å². The monoisotopic (exact) mass is 338 g/mol. The van der Waals surface area contributed by atoms with Crippen LogP contribution in [0.3, 0.4) is 0 Å². The van der Waals surface area contributed by atoms with Gasteiger partial charge in [0.05, 0.1) is 18.9 Å². The van der Waals surface area contributed by atoms with Crippen LogP contribution in [0.1, 0.15) is 41.8 Å². The highest BCUT2D eigenvalue weighted by molar-refractivity contribution is 5.69. The lowest BCUT2D eigenvalue weighted by Crippen LogP contribution is -2.36. The van der Waals surface area contributed by atoms with Gasteiger partial charge in [0.1, 0.15) is 0 Å². The molecule has 1 fully saturated rings. The van der Waals surface area contributed by atoms with E-state index in [0.717, 1.165) is 57.1 Å². The van der Waals surface area contributed by atoms with E-state index >= 15 is 0 Å². The highest BCUT2D eigenvalue weighted by Crippen LogP contribution is 2.30. The van der Waals surface area contributed by atoms with E-state index in [9.17, 15) is 0 Å². The summed E-state index contributed by atoms with van der Waals surface area (Å²) in [6.45, 7) is 13.5. The Bertz CT molecular complexity index is 688. The number of benzene rings is 1. The molecular formula is C22H30N2O. The van der Waals surface area contributed by atoms with Gasteiger partial charge in [-0.3, -0.25) is 9.88 Å². The molecule has 2 aromatic rings. The van der Waals surface area contributed by atoms with Gasteiger partial charge in [-0.25, -0.2) is 0 Å². The van der Waals surface area contributed by atoms with Crippen molar-refractivity contribution in [3.05, 3.63) is 52.2 Å². The van der Waals surface area contributed by atoms with Crippen molar-refractivity contribution in [3.63, 3.8) is 0 Å². The third kappa shape index (κ3) is 3.94. The SMILES string of the molecule is CCc1cccc(CC)c1-c1cc(C)c(CN2CCOCC2)c(C)n1. The number of nitrogens with zero attached hydrogens (tertiary/aromatic N) is 2. The number of hydrogen-bond donors (Lipinski definition) is 0. The van der Waals surface area contributed by atoms with Crippen LogP contribution < -0.4 is 0 Å². The van der Waals surface area contributed by atoms with Crippen molar-refractivity contribution in [2.75, 3.05) is 26.3 Å². The van der Waals surface area contributed by atoms with Gasteiger partial charge in [-0.15, -0.1) is 0 Å². The van der Waals surface area contributed by atoms with Gasteiger partial charge in [0.25, 0.3) is 0 Å². The molecule has 3 heteroatoms. The van der Waals surface area contributed by atoms with Crippen LogP contribution in [0.25, 0.3) is 11.3 Å². The molecule has 1 aromatic heterocycles. The Labute approximate surface area is 152 Å². The van der Waals surface area contributed by atoms with Crippen molar-refractivity contribution in [1.82, 2.24) is 9.88 Å². The number of rotatable bonds is 5. The van der Waals surface area contributed by atoms with Gasteiger partial charge in [0, 0.05) is 30.9 Å². The normalized spacial score (nSPS) is 15.5. The predicted octanol–water partition coefficient (Wildman–Crippen LogP) is 4.32. The quantitative estimate of drug-likeness (QED) is 0.812. The molecule has 0 spiro atoms. The van der Waals surface area contributed by atoms with Crippen molar-refractivity contribution in [3.8, 4) is 11.3 Å². The molecule has 0 bridgehead atoms. The molecule has 0 aliphatic carbocycles. The van der Waals surface area contributed by atoms with E-state index in [0.29, 0.717) is 0 Å². The van der Waals surface area contributed by atoms with Crippen molar-refractivity contribution in [2.24, 2.45) is 0 Å². The Hall–Kier alpha value is -1.71. The minimum Gasteiger partial charge on any atom is -0.379 e. The molecule has 1 aromatic carbocycles. The van der Waals surface area contributed by atoms with Gasteiger partial charge in [-0.2, -0.15) is 0 Å². The van der Waals surface area contributed by atoms with Gasteiger partial charge in [-0.05, 0) is 55.0 Å². The molecule has 1 aliphatic heterocycles. The summed E-state index contributed by atoms with van der Waals surface area (Å²) in [6.07, 6.45) is 2.08. The molecule has 2 heterocycles. The molecule has 0 unspecified atom stereocenters. The van der Waals surface area contributed by atoms with Crippen LogP contribution in [-0.4, -0.2) is 36.2 Å². The number of aromatic nitrogens is 1. The molecule has 0 atom stereocenters. The molecule has 1 saturated heterocycles. The highest BCUT2D eigenvalue weighted by atomic mass is 16.5. The zero-order valence-corrected chi connectivity index (χ0v) is 16.1. The lowest BCUT2D eigenvalue weighted by atomic mass is 9.93. The summed E-state index contributed by atoms with van der Waals surface area (Å²) in [5.41, 5.74) is 9.15. The molecule has 3 rings (SSSR count). The maximum atomic E-state index is 5.47. The van der Waals surface area contributed by atoms with Crippen LogP contribution in [0.4, 0.5) is 0 Å². The van der Waals surface area contributed by atoms with E-state index in [4.69, 9.17) is 9.72 Å². The maximum absolute atomic E-state index is 5.47. The van der Waals surface area contributed by atoms with Crippen LogP contribution in [0, 0.1) is 13.8 Å². The Morgan fingerprint density at radius 1 is 1.04 bits per heavy atom. The second-order valence-electron chi connectivity index (χ2n) is 6.94. The minimum absolute atomic E-state index is 0.841. The van der Waals surface area contributed by atoms with E-state index in [2.05, 4.69) is 56.9 Å². The molecule has 0 radical (unpaired) electrons. The topological polar surface area (TPSA) is 25.4 Å². The van der Waals surface area contributed by atoms with E-state index in [1.54, 1.807) is 0 Å². The van der Waals surface area contributed by atoms with Crippen molar-refractivity contribution >= 4 is 0 Å². The second kappa shape index (κ2) is 8.11. The summed E-state index contributed by atoms with van der Waals surface area (Å²) < 4.78 is 5.47. The number of aryl methyl sites for hydroxylation is 4. The Morgan fingerprint density at radius 3 is 2.24 bits per heavy atom. The molecule has 0 N–H and O–H groups in total. The first-order valence-corrected chi connectivity index (χ1v) is 9.52. The smallest absolute Gasteiger partial charge is 0.0713 e. The zero-order chi connectivity index (χ0) is 17.8. The highest BCUT2D eigenvalue weighted by Gasteiger charge is 2.17. The van der Waals surface area contributed by atoms with E-state index in [1.807, 2.05) is 0 Å². The van der Waals surface area contributed by atoms with Crippen molar-refractivity contribution in [2.45, 2.75) is 47.1 Å². The fourth-order valence-electron chi connectivity index (χ4n) is 3.78. The Kier molecular flexibility index (Phi) is 5.87. The van der Waals surface area contributed by atoms with Gasteiger partial charge in [0.15, 0.2) is 0 Å². The Balaban J connectivity index is 1.97. The summed E-state index contributed by atoms with van der Waals surface area (Å²) in [7, 11) is 0. The van der Waals surface area contributed by atoms with Crippen molar-refractivity contribution < 1.29 is 4.74 Å². The lowest BCUT2D eigenvalue weighted by Gasteiger charge is -2.28. The zero-order valence-electron chi connectivity index (χ0n) is 16.1. The number of pyridine rings is 1. The van der Waals surface area contributed by atoms with Gasteiger partial charge >= 0.3 is 0 Å². The molecule has 0 saturated carbocycles. The lowest BCUT2D eigenvalue weighted by molar-refractivity contribution is 0.0340. The minimum atomic E-state index is 0.841. The second-order valence-corrected chi connectivity index (χ2v) is 6.94. The number of morpholine rings is 1. The fourth-order valence-corrected chi connectivity index (χ4v) is 3.78. The molecular weight excluding hydrogens is 308 g/mol. The third-order valence-electron chi connectivity index (χ3n) is 5.29. The predicted molar refractivity (Wildman–Crippen MR) is 104 cm³/mol. The van der Waals surface area contributed by atoms with Crippen molar-refractivity contribution in [1.29, 1.82) is 0 Å². The van der Waals surface area contributed by atoms with E-state index in [1.165, 1.54) is 27.8 Å². The maximum Gasteiger partial charge on any atom is 0.0713 e. The van der Waals surface area contributed by atoms with Crippen LogP contribution in [0.2, 0.25) is 0 Å². The number of ether oxygens (including phenoxy) is 1. The first-order valence-electron chi connectivity index (χ1n) is 9.52. The fraction of sp³-hybridized carbons (Fsp3) is 0.500.